The Morgan fingerprint density at radius 2 is 2.00 bits per heavy atom. The molecule has 1 rings (SSSR count). The first-order valence-electron chi connectivity index (χ1n) is 7.35. The average molecular weight is 329 g/mol. The molecule has 0 atom stereocenters. The van der Waals surface area contributed by atoms with Crippen LogP contribution in [0.1, 0.15) is 25.0 Å². The summed E-state index contributed by atoms with van der Waals surface area (Å²) in [6, 6.07) is 4.87. The lowest BCUT2D eigenvalue weighted by Gasteiger charge is -2.11. The van der Waals surface area contributed by atoms with Gasteiger partial charge in [0.2, 0.25) is 0 Å². The third kappa shape index (κ3) is 6.43. The minimum Gasteiger partial charge on any atom is -0.357 e. The van der Waals surface area contributed by atoms with Crippen molar-refractivity contribution in [2.45, 2.75) is 27.3 Å². The molecule has 0 saturated heterocycles. The number of hydrogen-bond donors (Lipinski definition) is 2. The highest BCUT2D eigenvalue weighted by Crippen LogP contribution is 2.09. The molecule has 0 amide bonds. The highest BCUT2D eigenvalue weighted by atomic mass is 32.2. The summed E-state index contributed by atoms with van der Waals surface area (Å²) in [6.07, 6.45) is 0. The summed E-state index contributed by atoms with van der Waals surface area (Å²) in [5.41, 5.74) is 1.48. The van der Waals surface area contributed by atoms with Crippen molar-refractivity contribution in [1.82, 2.24) is 10.6 Å². The number of nitrogens with one attached hydrogen (secondary N) is 2. The topological polar surface area (TPSA) is 70.6 Å². The molecular formula is C15H24FN3O2S. The van der Waals surface area contributed by atoms with Crippen LogP contribution in [0.15, 0.2) is 23.2 Å². The average Bonchev–Trinajstić information content (AvgIpc) is 2.48. The Morgan fingerprint density at radius 3 is 2.59 bits per heavy atom. The lowest BCUT2D eigenvalue weighted by atomic mass is 10.1. The number of aliphatic imine (C=N–C) groups is 1. The van der Waals surface area contributed by atoms with Crippen LogP contribution in [-0.4, -0.2) is 39.0 Å². The maximum absolute atomic E-state index is 13.2. The fraction of sp³-hybridized carbons (Fsp3) is 0.533. The highest BCUT2D eigenvalue weighted by Gasteiger charge is 2.07. The van der Waals surface area contributed by atoms with E-state index in [0.717, 1.165) is 5.56 Å². The van der Waals surface area contributed by atoms with Crippen molar-refractivity contribution in [3.05, 3.63) is 35.1 Å². The molecule has 0 fully saturated rings. The van der Waals surface area contributed by atoms with Crippen LogP contribution < -0.4 is 10.6 Å². The quantitative estimate of drug-likeness (QED) is 0.589. The van der Waals surface area contributed by atoms with Gasteiger partial charge in [-0.25, -0.2) is 17.8 Å². The van der Waals surface area contributed by atoms with Crippen molar-refractivity contribution < 1.29 is 12.8 Å². The van der Waals surface area contributed by atoms with Gasteiger partial charge in [-0.1, -0.05) is 19.1 Å². The molecule has 1 aromatic rings. The summed E-state index contributed by atoms with van der Waals surface area (Å²) in [5.74, 6) is 0.527. The molecule has 0 aliphatic carbocycles. The van der Waals surface area contributed by atoms with Crippen molar-refractivity contribution in [2.75, 3.05) is 24.6 Å². The van der Waals surface area contributed by atoms with Crippen LogP contribution in [-0.2, 0) is 16.4 Å². The maximum Gasteiger partial charge on any atom is 0.191 e. The SMILES string of the molecule is CCNC(=NCc1ccc(F)c(C)c1)NCCS(=O)(=O)CC. The number of nitrogens with zero attached hydrogens (tertiary/aromatic N) is 1. The van der Waals surface area contributed by atoms with Gasteiger partial charge >= 0.3 is 0 Å². The number of hydrogen-bond acceptors (Lipinski definition) is 3. The fourth-order valence-corrected chi connectivity index (χ4v) is 2.49. The van der Waals surface area contributed by atoms with Gasteiger partial charge in [0, 0.05) is 18.8 Å². The molecule has 0 aliphatic heterocycles. The van der Waals surface area contributed by atoms with Crippen molar-refractivity contribution in [1.29, 1.82) is 0 Å². The highest BCUT2D eigenvalue weighted by molar-refractivity contribution is 7.91. The summed E-state index contributed by atoms with van der Waals surface area (Å²) in [5, 5.41) is 6.05. The molecule has 124 valence electrons. The van der Waals surface area contributed by atoms with Gasteiger partial charge in [0.05, 0.1) is 12.3 Å². The number of aryl methyl sites for hydroxylation is 1. The molecule has 0 unspecified atom stereocenters. The smallest absolute Gasteiger partial charge is 0.191 e. The van der Waals surface area contributed by atoms with Crippen molar-refractivity contribution in [3.8, 4) is 0 Å². The fourth-order valence-electron chi connectivity index (χ4n) is 1.79. The molecule has 2 N–H and O–H groups in total. The van der Waals surface area contributed by atoms with E-state index in [-0.39, 0.29) is 17.3 Å². The predicted molar refractivity (Wildman–Crippen MR) is 88.3 cm³/mol. The molecule has 0 bridgehead atoms. The van der Waals surface area contributed by atoms with E-state index in [1.54, 1.807) is 26.0 Å². The molecule has 0 radical (unpaired) electrons. The molecule has 0 spiro atoms. The second-order valence-corrected chi connectivity index (χ2v) is 7.41. The monoisotopic (exact) mass is 329 g/mol. The van der Waals surface area contributed by atoms with E-state index >= 15 is 0 Å². The summed E-state index contributed by atoms with van der Waals surface area (Å²) in [4.78, 5) is 4.38. The molecule has 0 saturated carbocycles. The Balaban J connectivity index is 2.63. The van der Waals surface area contributed by atoms with E-state index in [4.69, 9.17) is 0 Å². The maximum atomic E-state index is 13.2. The Hall–Kier alpha value is -1.63. The zero-order chi connectivity index (χ0) is 16.6. The minimum absolute atomic E-state index is 0.0730. The van der Waals surface area contributed by atoms with E-state index in [9.17, 15) is 12.8 Å². The number of benzene rings is 1. The molecule has 0 heterocycles. The van der Waals surface area contributed by atoms with Crippen molar-refractivity contribution in [3.63, 3.8) is 0 Å². The van der Waals surface area contributed by atoms with Gasteiger partial charge in [-0.2, -0.15) is 0 Å². The molecule has 22 heavy (non-hydrogen) atoms. The summed E-state index contributed by atoms with van der Waals surface area (Å²) >= 11 is 0. The second-order valence-electron chi connectivity index (χ2n) is 4.94. The van der Waals surface area contributed by atoms with Crippen molar-refractivity contribution in [2.24, 2.45) is 4.99 Å². The summed E-state index contributed by atoms with van der Waals surface area (Å²) in [6.45, 7) is 6.66. The van der Waals surface area contributed by atoms with Crippen LogP contribution in [0.5, 0.6) is 0 Å². The first-order chi connectivity index (χ1) is 10.4. The molecule has 0 aliphatic rings. The van der Waals surface area contributed by atoms with Gasteiger partial charge in [-0.15, -0.1) is 0 Å². The molecule has 7 heteroatoms. The van der Waals surface area contributed by atoms with Crippen LogP contribution in [0.3, 0.4) is 0 Å². The number of halogens is 1. The van der Waals surface area contributed by atoms with Gasteiger partial charge < -0.3 is 10.6 Å². The first-order valence-corrected chi connectivity index (χ1v) is 9.17. The van der Waals surface area contributed by atoms with Gasteiger partial charge in [0.1, 0.15) is 5.82 Å². The summed E-state index contributed by atoms with van der Waals surface area (Å²) in [7, 11) is -2.99. The van der Waals surface area contributed by atoms with Crippen LogP contribution in [0.4, 0.5) is 4.39 Å². The largest absolute Gasteiger partial charge is 0.357 e. The van der Waals surface area contributed by atoms with E-state index in [0.29, 0.717) is 31.2 Å². The van der Waals surface area contributed by atoms with Gasteiger partial charge in [0.15, 0.2) is 15.8 Å². The normalized spacial score (nSPS) is 12.3. The van der Waals surface area contributed by atoms with Crippen LogP contribution in [0.2, 0.25) is 0 Å². The Bertz CT molecular complexity index is 615. The Morgan fingerprint density at radius 1 is 1.27 bits per heavy atom. The van der Waals surface area contributed by atoms with Gasteiger partial charge in [-0.3, -0.25) is 0 Å². The summed E-state index contributed by atoms with van der Waals surface area (Å²) < 4.78 is 36.1. The molecule has 1 aromatic carbocycles. The lowest BCUT2D eigenvalue weighted by molar-refractivity contribution is 0.595. The van der Waals surface area contributed by atoms with Crippen molar-refractivity contribution >= 4 is 15.8 Å². The number of guanidine groups is 1. The molecule has 0 aromatic heterocycles. The number of rotatable bonds is 7. The zero-order valence-corrected chi connectivity index (χ0v) is 14.1. The van der Waals surface area contributed by atoms with Gasteiger partial charge in [0.25, 0.3) is 0 Å². The Kier molecular flexibility index (Phi) is 7.31. The van der Waals surface area contributed by atoms with Gasteiger partial charge in [-0.05, 0) is 31.0 Å². The predicted octanol–water partition coefficient (Wildman–Crippen LogP) is 1.62. The van der Waals surface area contributed by atoms with E-state index < -0.39 is 9.84 Å². The van der Waals surface area contributed by atoms with Crippen LogP contribution >= 0.6 is 0 Å². The van der Waals surface area contributed by atoms with E-state index in [1.165, 1.54) is 6.07 Å². The number of sulfone groups is 1. The molecule has 5 nitrogen and oxygen atoms in total. The van der Waals surface area contributed by atoms with E-state index in [2.05, 4.69) is 15.6 Å². The second kappa shape index (κ2) is 8.73. The third-order valence-electron chi connectivity index (χ3n) is 3.13. The van der Waals surface area contributed by atoms with Crippen LogP contribution in [0.25, 0.3) is 0 Å². The molecular weight excluding hydrogens is 305 g/mol. The van der Waals surface area contributed by atoms with Crippen LogP contribution in [0, 0.1) is 12.7 Å². The first kappa shape index (κ1) is 18.4. The zero-order valence-electron chi connectivity index (χ0n) is 13.3. The Labute approximate surface area is 132 Å². The lowest BCUT2D eigenvalue weighted by Crippen LogP contribution is -2.39. The third-order valence-corrected chi connectivity index (χ3v) is 4.84. The minimum atomic E-state index is -2.99. The van der Waals surface area contributed by atoms with E-state index in [1.807, 2.05) is 6.92 Å². The standard InChI is InChI=1S/C15H24FN3O2S/c1-4-17-15(18-8-9-22(20,21)5-2)19-11-13-6-7-14(16)12(3)10-13/h6-7,10H,4-5,8-9,11H2,1-3H3,(H2,17,18,19).